The number of rotatable bonds is 1. The van der Waals surface area contributed by atoms with Gasteiger partial charge in [-0.3, -0.25) is 0 Å². The first-order chi connectivity index (χ1) is 9.16. The monoisotopic (exact) mass is 278 g/mol. The third-order valence-corrected chi connectivity index (χ3v) is 4.02. The molecular weight excluding hydrogens is 264 g/mol. The van der Waals surface area contributed by atoms with Gasteiger partial charge < -0.3 is 15.4 Å². The molecule has 5 heteroatoms. The van der Waals surface area contributed by atoms with Crippen LogP contribution in [0.5, 0.6) is 5.75 Å². The highest BCUT2D eigenvalue weighted by molar-refractivity contribution is 6.33. The number of phenolic OH excluding ortho intramolecular Hbond substituents is 1. The molecule has 0 unspecified atom stereocenters. The molecule has 0 aliphatic heterocycles. The Morgan fingerprint density at radius 2 is 2.00 bits per heavy atom. The summed E-state index contributed by atoms with van der Waals surface area (Å²) in [5, 5.41) is 14.5. The highest BCUT2D eigenvalue weighted by Crippen LogP contribution is 2.41. The highest BCUT2D eigenvalue weighted by atomic mass is 35.5. The van der Waals surface area contributed by atoms with Gasteiger partial charge in [-0.05, 0) is 42.9 Å². The van der Waals surface area contributed by atoms with Crippen molar-refractivity contribution in [2.45, 2.75) is 32.1 Å². The Labute approximate surface area is 116 Å². The molecule has 0 amide bonds. The Hall–Kier alpha value is -1.68. The van der Waals surface area contributed by atoms with Crippen LogP contribution in [0.4, 0.5) is 5.88 Å². The van der Waals surface area contributed by atoms with Crippen molar-refractivity contribution in [2.24, 2.45) is 0 Å². The Balaban J connectivity index is 2.16. The van der Waals surface area contributed by atoms with Gasteiger partial charge in [-0.15, -0.1) is 0 Å². The van der Waals surface area contributed by atoms with E-state index < -0.39 is 0 Å². The zero-order valence-electron chi connectivity index (χ0n) is 10.4. The number of anilines is 1. The van der Waals surface area contributed by atoms with Crippen molar-refractivity contribution in [3.05, 3.63) is 28.3 Å². The molecule has 0 bridgehead atoms. The summed E-state index contributed by atoms with van der Waals surface area (Å²) < 4.78 is 4.86. The van der Waals surface area contributed by atoms with E-state index in [1.165, 1.54) is 12.0 Å². The molecule has 1 aromatic heterocycles. The zero-order chi connectivity index (χ0) is 13.4. The van der Waals surface area contributed by atoms with E-state index in [0.717, 1.165) is 31.2 Å². The molecule has 0 saturated heterocycles. The molecule has 100 valence electrons. The minimum Gasteiger partial charge on any atom is -0.506 e. The molecule has 19 heavy (non-hydrogen) atoms. The first-order valence-corrected chi connectivity index (χ1v) is 6.80. The van der Waals surface area contributed by atoms with Crippen molar-refractivity contribution in [1.82, 2.24) is 5.16 Å². The zero-order valence-corrected chi connectivity index (χ0v) is 11.2. The first-order valence-electron chi connectivity index (χ1n) is 6.42. The van der Waals surface area contributed by atoms with Crippen LogP contribution in [0.15, 0.2) is 16.7 Å². The Bertz CT molecular complexity index is 622. The third-order valence-electron chi connectivity index (χ3n) is 3.61. The Morgan fingerprint density at radius 1 is 1.21 bits per heavy atom. The second-order valence-corrected chi connectivity index (χ2v) is 5.28. The lowest BCUT2D eigenvalue weighted by atomic mass is 9.97. The number of hydrogen-bond donors (Lipinski definition) is 2. The van der Waals surface area contributed by atoms with Crippen LogP contribution in [0.25, 0.3) is 11.3 Å². The minimum atomic E-state index is 0.0654. The fourth-order valence-corrected chi connectivity index (χ4v) is 2.95. The van der Waals surface area contributed by atoms with Crippen LogP contribution >= 0.6 is 11.6 Å². The summed E-state index contributed by atoms with van der Waals surface area (Å²) in [7, 11) is 0. The predicted molar refractivity (Wildman–Crippen MR) is 74.3 cm³/mol. The smallest absolute Gasteiger partial charge is 0.222 e. The van der Waals surface area contributed by atoms with Crippen LogP contribution in [0.2, 0.25) is 5.02 Å². The Morgan fingerprint density at radius 3 is 2.74 bits per heavy atom. The van der Waals surface area contributed by atoms with Gasteiger partial charge in [0, 0.05) is 11.6 Å². The molecule has 3 N–H and O–H groups in total. The van der Waals surface area contributed by atoms with Gasteiger partial charge in [0.1, 0.15) is 11.4 Å². The molecule has 0 spiro atoms. The number of aromatic nitrogens is 1. The van der Waals surface area contributed by atoms with Gasteiger partial charge in [0.05, 0.1) is 5.02 Å². The van der Waals surface area contributed by atoms with E-state index in [1.807, 2.05) is 6.07 Å². The van der Waals surface area contributed by atoms with E-state index in [2.05, 4.69) is 5.16 Å². The molecule has 1 aliphatic rings. The summed E-state index contributed by atoms with van der Waals surface area (Å²) in [6.07, 6.45) is 5.35. The fourth-order valence-electron chi connectivity index (χ4n) is 2.63. The normalized spacial score (nSPS) is 15.0. The fraction of sp³-hybridized carbons (Fsp3) is 0.357. The summed E-state index contributed by atoms with van der Waals surface area (Å²) in [5.74, 6) is 0.288. The quantitative estimate of drug-likeness (QED) is 0.783. The number of halogens is 1. The molecule has 0 fully saturated rings. The first kappa shape index (κ1) is 12.4. The van der Waals surface area contributed by atoms with Gasteiger partial charge in [-0.1, -0.05) is 23.2 Å². The maximum atomic E-state index is 10.3. The van der Waals surface area contributed by atoms with Crippen molar-refractivity contribution in [3.8, 4) is 17.0 Å². The second-order valence-electron chi connectivity index (χ2n) is 4.90. The summed E-state index contributed by atoms with van der Waals surface area (Å²) in [6.45, 7) is 0. The number of fused-ring (bicyclic) bond motifs is 1. The number of nitrogens with two attached hydrogens (primary N) is 1. The van der Waals surface area contributed by atoms with Crippen molar-refractivity contribution >= 4 is 17.5 Å². The number of phenols is 1. The van der Waals surface area contributed by atoms with E-state index in [1.54, 1.807) is 6.07 Å². The predicted octanol–water partition coefficient (Wildman–Crippen LogP) is 3.55. The lowest BCUT2D eigenvalue weighted by Gasteiger charge is -2.12. The van der Waals surface area contributed by atoms with E-state index in [9.17, 15) is 5.11 Å². The largest absolute Gasteiger partial charge is 0.506 e. The average molecular weight is 279 g/mol. The second kappa shape index (κ2) is 4.78. The van der Waals surface area contributed by atoms with E-state index >= 15 is 0 Å². The van der Waals surface area contributed by atoms with Crippen LogP contribution in [0, 0.1) is 0 Å². The van der Waals surface area contributed by atoms with Gasteiger partial charge >= 0.3 is 0 Å². The van der Waals surface area contributed by atoms with Crippen LogP contribution in [0.3, 0.4) is 0 Å². The number of aromatic hydroxyl groups is 1. The van der Waals surface area contributed by atoms with Gasteiger partial charge in [0.15, 0.2) is 0 Å². The van der Waals surface area contributed by atoms with Crippen molar-refractivity contribution in [2.75, 3.05) is 5.73 Å². The maximum absolute atomic E-state index is 10.3. The topological polar surface area (TPSA) is 72.3 Å². The molecule has 0 saturated carbocycles. The van der Waals surface area contributed by atoms with Crippen molar-refractivity contribution in [3.63, 3.8) is 0 Å². The number of aryl methyl sites for hydroxylation is 1. The molecule has 0 radical (unpaired) electrons. The van der Waals surface area contributed by atoms with Crippen LogP contribution in [0.1, 0.15) is 30.4 Å². The molecule has 4 nitrogen and oxygen atoms in total. The lowest BCUT2D eigenvalue weighted by molar-refractivity contribution is 0.437. The standard InChI is InChI=1S/C14H15ClN2O2/c15-13-9-5-3-1-2-4-8(9)6-10(14(13)18)11-7-12(16)19-17-11/h6-7,18H,1-5,16H2. The van der Waals surface area contributed by atoms with E-state index in [0.29, 0.717) is 16.3 Å². The number of nitrogens with zero attached hydrogens (tertiary/aromatic N) is 1. The van der Waals surface area contributed by atoms with Gasteiger partial charge in [-0.2, -0.15) is 0 Å². The third kappa shape index (κ3) is 2.16. The maximum Gasteiger partial charge on any atom is 0.222 e. The summed E-state index contributed by atoms with van der Waals surface area (Å²) in [4.78, 5) is 0. The SMILES string of the molecule is Nc1cc(-c2cc3c(c(Cl)c2O)CCCCC3)no1. The Kier molecular flexibility index (Phi) is 3.11. The number of benzene rings is 1. The molecule has 3 rings (SSSR count). The van der Waals surface area contributed by atoms with Gasteiger partial charge in [0.25, 0.3) is 0 Å². The highest BCUT2D eigenvalue weighted by Gasteiger charge is 2.20. The molecule has 2 aromatic rings. The summed E-state index contributed by atoms with van der Waals surface area (Å²) in [6, 6.07) is 3.55. The number of nitrogen functional groups attached to an aromatic ring is 1. The van der Waals surface area contributed by atoms with E-state index in [-0.39, 0.29) is 11.6 Å². The molecule has 1 heterocycles. The molecule has 0 atom stereocenters. The van der Waals surface area contributed by atoms with Gasteiger partial charge in [-0.25, -0.2) is 0 Å². The van der Waals surface area contributed by atoms with Crippen LogP contribution < -0.4 is 5.73 Å². The van der Waals surface area contributed by atoms with Crippen LogP contribution in [-0.2, 0) is 12.8 Å². The van der Waals surface area contributed by atoms with Gasteiger partial charge in [0.2, 0.25) is 5.88 Å². The van der Waals surface area contributed by atoms with Crippen LogP contribution in [-0.4, -0.2) is 10.3 Å². The average Bonchev–Trinajstić information content (AvgIpc) is 2.69. The molecule has 1 aliphatic carbocycles. The molecular formula is C14H15ClN2O2. The minimum absolute atomic E-state index is 0.0654. The lowest BCUT2D eigenvalue weighted by Crippen LogP contribution is -1.95. The molecule has 1 aromatic carbocycles. The number of hydrogen-bond acceptors (Lipinski definition) is 4. The summed E-state index contributed by atoms with van der Waals surface area (Å²) >= 11 is 6.31. The van der Waals surface area contributed by atoms with Crippen molar-refractivity contribution in [1.29, 1.82) is 0 Å². The van der Waals surface area contributed by atoms with E-state index in [4.69, 9.17) is 21.9 Å². The van der Waals surface area contributed by atoms with Crippen molar-refractivity contribution < 1.29 is 9.63 Å². The summed E-state index contributed by atoms with van der Waals surface area (Å²) in [5.41, 5.74) is 8.89.